The van der Waals surface area contributed by atoms with Crippen LogP contribution in [0.4, 0.5) is 0 Å². The van der Waals surface area contributed by atoms with Crippen LogP contribution in [0.1, 0.15) is 414 Å². The molecule has 0 aliphatic rings. The van der Waals surface area contributed by atoms with Gasteiger partial charge in [0.2, 0.25) is 0 Å². The van der Waals surface area contributed by atoms with Gasteiger partial charge in [-0.15, -0.1) is 0 Å². The summed E-state index contributed by atoms with van der Waals surface area (Å²) in [7, 11) is 0. The Morgan fingerprint density at radius 3 is 0.493 bits per heavy atom. The lowest BCUT2D eigenvalue weighted by Gasteiger charge is -2.32. The Hall–Kier alpha value is 0. The third-order valence-electron chi connectivity index (χ3n) is 17.5. The molecule has 0 aromatic rings. The Morgan fingerprint density at radius 1 is 0.179 bits per heavy atom. The zero-order valence-corrected chi connectivity index (χ0v) is 48.7. The summed E-state index contributed by atoms with van der Waals surface area (Å²) in [4.78, 5) is 0. The fourth-order valence-electron chi connectivity index (χ4n) is 12.2. The molecule has 0 N–H and O–H groups in total. The predicted molar refractivity (Wildman–Crippen MR) is 311 cm³/mol. The van der Waals surface area contributed by atoms with E-state index in [1.165, 1.54) is 372 Å². The minimum absolute atomic E-state index is 0.614. The van der Waals surface area contributed by atoms with Crippen LogP contribution in [0.15, 0.2) is 0 Å². The lowest BCUT2D eigenvalue weighted by atomic mass is 9.73. The summed E-state index contributed by atoms with van der Waals surface area (Å²) in [5, 5.41) is 0. The lowest BCUT2D eigenvalue weighted by Crippen LogP contribution is -2.19. The maximum absolute atomic E-state index is 2.55. The molecule has 404 valence electrons. The van der Waals surface area contributed by atoms with Gasteiger partial charge in [0, 0.05) is 0 Å². The molecule has 0 saturated heterocycles. The highest BCUT2D eigenvalue weighted by Gasteiger charge is 2.25. The zero-order valence-electron chi connectivity index (χ0n) is 48.7. The first-order valence-electron chi connectivity index (χ1n) is 33.1. The third-order valence-corrected chi connectivity index (χ3v) is 17.5. The van der Waals surface area contributed by atoms with Gasteiger partial charge >= 0.3 is 0 Å². The van der Waals surface area contributed by atoms with Crippen molar-refractivity contribution in [1.29, 1.82) is 0 Å². The van der Waals surface area contributed by atoms with Gasteiger partial charge in [-0.3, -0.25) is 0 Å². The molecule has 0 unspecified atom stereocenters. The third kappa shape index (κ3) is 49.4. The summed E-state index contributed by atoms with van der Waals surface area (Å²) in [5.74, 6) is 2.01. The number of unbranched alkanes of at least 4 members (excludes halogenated alkanes) is 42. The van der Waals surface area contributed by atoms with Crippen LogP contribution in [-0.4, -0.2) is 0 Å². The van der Waals surface area contributed by atoms with Gasteiger partial charge in [-0.2, -0.15) is 0 Å². The van der Waals surface area contributed by atoms with E-state index in [4.69, 9.17) is 0 Å². The molecule has 0 spiro atoms. The van der Waals surface area contributed by atoms with Crippen LogP contribution in [0.5, 0.6) is 0 Å². The number of rotatable bonds is 60. The van der Waals surface area contributed by atoms with Crippen molar-refractivity contribution in [1.82, 2.24) is 0 Å². The van der Waals surface area contributed by atoms with E-state index >= 15 is 0 Å². The molecule has 0 radical (unpaired) electrons. The maximum atomic E-state index is 2.55. The Morgan fingerprint density at radius 2 is 0.328 bits per heavy atom. The zero-order chi connectivity index (χ0) is 48.7. The van der Waals surface area contributed by atoms with Gasteiger partial charge in [0.1, 0.15) is 0 Å². The van der Waals surface area contributed by atoms with Crippen molar-refractivity contribution < 1.29 is 0 Å². The van der Waals surface area contributed by atoms with Crippen LogP contribution in [0.25, 0.3) is 0 Å². The first-order chi connectivity index (χ1) is 33.1. The van der Waals surface area contributed by atoms with Crippen molar-refractivity contribution in [3.8, 4) is 0 Å². The van der Waals surface area contributed by atoms with Crippen LogP contribution in [0.2, 0.25) is 0 Å². The van der Waals surface area contributed by atoms with Crippen molar-refractivity contribution in [3.63, 3.8) is 0 Å². The Kier molecular flexibility index (Phi) is 56.9. The molecule has 0 aromatic heterocycles. The van der Waals surface area contributed by atoms with Gasteiger partial charge in [-0.1, -0.05) is 401 Å². The standard InChI is InChI=1S/C67H136/c1-7-13-17-21-25-29-33-37-41-45-49-57-65(58-50-46-42-38-34-30-26-22-18-14-8-2)61-53-55-63-67(11-5,12-6)64-56-54-62-66(59-51-47-43-39-35-31-27-23-19-15-9-3)60-52-48-44-40-36-32-28-24-20-16-10-4/h65-66H,7-64H2,1-6H3. The van der Waals surface area contributed by atoms with Gasteiger partial charge in [-0.25, -0.2) is 0 Å². The quantitative estimate of drug-likeness (QED) is 0.0533. The van der Waals surface area contributed by atoms with Crippen LogP contribution < -0.4 is 0 Å². The van der Waals surface area contributed by atoms with E-state index in [2.05, 4.69) is 41.5 Å². The fourth-order valence-corrected chi connectivity index (χ4v) is 12.2. The Bertz CT molecular complexity index is 734. The lowest BCUT2D eigenvalue weighted by molar-refractivity contribution is 0.197. The van der Waals surface area contributed by atoms with E-state index in [1.54, 1.807) is 0 Å². The second-order valence-electron chi connectivity index (χ2n) is 23.7. The molecular weight excluding hydrogens is 805 g/mol. The van der Waals surface area contributed by atoms with E-state index in [0.717, 1.165) is 11.8 Å². The van der Waals surface area contributed by atoms with E-state index in [1.807, 2.05) is 0 Å². The van der Waals surface area contributed by atoms with Crippen LogP contribution in [0.3, 0.4) is 0 Å². The second kappa shape index (κ2) is 56.9. The number of hydrogen-bond donors (Lipinski definition) is 0. The molecule has 0 nitrogen and oxygen atoms in total. The van der Waals surface area contributed by atoms with Gasteiger partial charge in [0.05, 0.1) is 0 Å². The summed E-state index contributed by atoms with van der Waals surface area (Å²) in [6, 6.07) is 0. The average Bonchev–Trinajstić information content (AvgIpc) is 3.34. The van der Waals surface area contributed by atoms with Gasteiger partial charge < -0.3 is 0 Å². The molecule has 0 bridgehead atoms. The molecule has 0 atom stereocenters. The van der Waals surface area contributed by atoms with Crippen molar-refractivity contribution in [2.75, 3.05) is 0 Å². The Balaban J connectivity index is 4.83. The minimum atomic E-state index is 0.614. The van der Waals surface area contributed by atoms with Gasteiger partial charge in [-0.05, 0) is 30.1 Å². The summed E-state index contributed by atoms with van der Waals surface area (Å²) < 4.78 is 0. The van der Waals surface area contributed by atoms with Crippen molar-refractivity contribution >= 4 is 0 Å². The maximum Gasteiger partial charge on any atom is -0.0303 e. The summed E-state index contributed by atoms with van der Waals surface area (Å²) in [6.45, 7) is 14.4. The molecule has 0 saturated carbocycles. The molecular formula is C67H136. The highest BCUT2D eigenvalue weighted by molar-refractivity contribution is 4.78. The second-order valence-corrected chi connectivity index (χ2v) is 23.7. The van der Waals surface area contributed by atoms with E-state index < -0.39 is 0 Å². The predicted octanol–water partition coefficient (Wildman–Crippen LogP) is 26.0. The Labute approximate surface area is 429 Å². The number of hydrogen-bond acceptors (Lipinski definition) is 0. The van der Waals surface area contributed by atoms with Crippen molar-refractivity contribution in [2.45, 2.75) is 414 Å². The average molecular weight is 942 g/mol. The highest BCUT2D eigenvalue weighted by atomic mass is 14.3. The van der Waals surface area contributed by atoms with Crippen molar-refractivity contribution in [2.24, 2.45) is 17.3 Å². The van der Waals surface area contributed by atoms with E-state index in [0.29, 0.717) is 5.41 Å². The molecule has 0 heteroatoms. The SMILES string of the molecule is CCCCCCCCCCCCCC(CCCCCCCCCCCCC)CCCCC(CC)(CC)CCCCC(CCCCCCCCCCCCC)CCCCCCCCCCCCC. The monoisotopic (exact) mass is 941 g/mol. The first-order valence-corrected chi connectivity index (χ1v) is 33.1. The van der Waals surface area contributed by atoms with Crippen LogP contribution >= 0.6 is 0 Å². The molecule has 67 heavy (non-hydrogen) atoms. The molecule has 0 heterocycles. The summed E-state index contributed by atoms with van der Waals surface area (Å²) >= 11 is 0. The van der Waals surface area contributed by atoms with Gasteiger partial charge in [0.25, 0.3) is 0 Å². The van der Waals surface area contributed by atoms with Crippen LogP contribution in [-0.2, 0) is 0 Å². The molecule has 0 aliphatic heterocycles. The summed E-state index contributed by atoms with van der Waals surface area (Å²) in [6.07, 6.45) is 85.9. The topological polar surface area (TPSA) is 0 Å². The van der Waals surface area contributed by atoms with Crippen molar-refractivity contribution in [3.05, 3.63) is 0 Å². The molecule has 0 aromatic carbocycles. The summed E-state index contributed by atoms with van der Waals surface area (Å²) in [5.41, 5.74) is 0.614. The fraction of sp³-hybridized carbons (Fsp3) is 1.00. The first kappa shape index (κ1) is 67.0. The molecule has 0 amide bonds. The molecule has 0 aliphatic carbocycles. The molecule has 0 fully saturated rings. The minimum Gasteiger partial charge on any atom is -0.0654 e. The van der Waals surface area contributed by atoms with Crippen LogP contribution in [0, 0.1) is 17.3 Å². The largest absolute Gasteiger partial charge is 0.0654 e. The smallest absolute Gasteiger partial charge is 0.0303 e. The normalized spacial score (nSPS) is 12.2. The molecule has 0 rings (SSSR count). The highest BCUT2D eigenvalue weighted by Crippen LogP contribution is 2.39. The van der Waals surface area contributed by atoms with E-state index in [-0.39, 0.29) is 0 Å². The van der Waals surface area contributed by atoms with Gasteiger partial charge in [0.15, 0.2) is 0 Å². The van der Waals surface area contributed by atoms with E-state index in [9.17, 15) is 0 Å².